The molecule has 1 aromatic heterocycles. The second kappa shape index (κ2) is 4.55. The van der Waals surface area contributed by atoms with Gasteiger partial charge >= 0.3 is 0 Å². The van der Waals surface area contributed by atoms with Crippen molar-refractivity contribution < 1.29 is 4.39 Å². The average Bonchev–Trinajstić information content (AvgIpc) is 2.69. The van der Waals surface area contributed by atoms with Gasteiger partial charge in [0, 0.05) is 11.1 Å². The Labute approximate surface area is 104 Å². The van der Waals surface area contributed by atoms with Gasteiger partial charge in [-0.3, -0.25) is 0 Å². The first-order valence-corrected chi connectivity index (χ1v) is 6.31. The van der Waals surface area contributed by atoms with Gasteiger partial charge in [0.1, 0.15) is 10.8 Å². The normalized spacial score (nSPS) is 14.6. The molecule has 0 radical (unpaired) electrons. The lowest BCUT2D eigenvalue weighted by molar-refractivity contribution is 0.487. The van der Waals surface area contributed by atoms with Crippen LogP contribution in [0.25, 0.3) is 0 Å². The number of benzene rings is 1. The van der Waals surface area contributed by atoms with Crippen LogP contribution in [0.15, 0.2) is 29.6 Å². The molecule has 1 aromatic carbocycles. The predicted octanol–water partition coefficient (Wildman–Crippen LogP) is 3.01. The highest BCUT2D eigenvalue weighted by atomic mass is 32.1. The molecule has 0 spiro atoms. The van der Waals surface area contributed by atoms with Crippen LogP contribution in [0.3, 0.4) is 0 Å². The standard InChI is InChI=1S/C13H15FN2S/c1-9-8-17-12(16-9)13(2,15)7-10-3-5-11(14)6-4-10/h3-6,8H,7,15H2,1-2H3. The predicted molar refractivity (Wildman–Crippen MR) is 68.5 cm³/mol. The lowest BCUT2D eigenvalue weighted by Crippen LogP contribution is -2.35. The van der Waals surface area contributed by atoms with E-state index in [4.69, 9.17) is 5.73 Å². The van der Waals surface area contributed by atoms with Gasteiger partial charge in [-0.25, -0.2) is 9.37 Å². The molecule has 0 saturated heterocycles. The molecular formula is C13H15FN2S. The second-order valence-corrected chi connectivity index (χ2v) is 5.37. The number of rotatable bonds is 3. The Kier molecular flexibility index (Phi) is 3.26. The highest BCUT2D eigenvalue weighted by Crippen LogP contribution is 2.25. The lowest BCUT2D eigenvalue weighted by atomic mass is 9.94. The molecular weight excluding hydrogens is 235 g/mol. The summed E-state index contributed by atoms with van der Waals surface area (Å²) in [5, 5.41) is 2.91. The Bertz CT molecular complexity index is 502. The molecule has 4 heteroatoms. The lowest BCUT2D eigenvalue weighted by Gasteiger charge is -2.22. The van der Waals surface area contributed by atoms with E-state index in [0.717, 1.165) is 16.3 Å². The van der Waals surface area contributed by atoms with E-state index in [2.05, 4.69) is 4.98 Å². The number of hydrogen-bond acceptors (Lipinski definition) is 3. The largest absolute Gasteiger partial charge is 0.319 e. The second-order valence-electron chi connectivity index (χ2n) is 4.51. The van der Waals surface area contributed by atoms with Crippen molar-refractivity contribution in [3.8, 4) is 0 Å². The summed E-state index contributed by atoms with van der Waals surface area (Å²) in [4.78, 5) is 4.42. The van der Waals surface area contributed by atoms with Gasteiger partial charge < -0.3 is 5.73 Å². The van der Waals surface area contributed by atoms with Crippen molar-refractivity contribution >= 4 is 11.3 Å². The number of nitrogens with two attached hydrogens (primary N) is 1. The Morgan fingerprint density at radius 2 is 2.00 bits per heavy atom. The number of nitrogens with zero attached hydrogens (tertiary/aromatic N) is 1. The third-order valence-electron chi connectivity index (χ3n) is 2.59. The van der Waals surface area contributed by atoms with Crippen molar-refractivity contribution in [3.63, 3.8) is 0 Å². The van der Waals surface area contributed by atoms with Crippen molar-refractivity contribution in [1.82, 2.24) is 4.98 Å². The number of thiazole rings is 1. The van der Waals surface area contributed by atoms with Gasteiger partial charge in [-0.05, 0) is 38.0 Å². The van der Waals surface area contributed by atoms with E-state index in [0.29, 0.717) is 6.42 Å². The van der Waals surface area contributed by atoms with Gasteiger partial charge in [-0.15, -0.1) is 11.3 Å². The molecule has 2 rings (SSSR count). The maximum Gasteiger partial charge on any atom is 0.123 e. The van der Waals surface area contributed by atoms with Crippen LogP contribution in [-0.2, 0) is 12.0 Å². The van der Waals surface area contributed by atoms with E-state index in [1.54, 1.807) is 23.5 Å². The van der Waals surface area contributed by atoms with Crippen LogP contribution in [0, 0.1) is 12.7 Å². The molecule has 0 saturated carbocycles. The van der Waals surface area contributed by atoms with Crippen molar-refractivity contribution in [2.24, 2.45) is 5.73 Å². The number of aryl methyl sites for hydroxylation is 1. The summed E-state index contributed by atoms with van der Waals surface area (Å²) in [5.41, 5.74) is 7.78. The summed E-state index contributed by atoms with van der Waals surface area (Å²) < 4.78 is 12.8. The van der Waals surface area contributed by atoms with Gasteiger partial charge in [-0.1, -0.05) is 12.1 Å². The zero-order chi connectivity index (χ0) is 12.5. The molecule has 0 aliphatic rings. The molecule has 2 nitrogen and oxygen atoms in total. The molecule has 1 atom stereocenters. The number of halogens is 1. The Balaban J connectivity index is 2.19. The average molecular weight is 250 g/mol. The number of hydrogen-bond donors (Lipinski definition) is 1. The smallest absolute Gasteiger partial charge is 0.123 e. The summed E-state index contributed by atoms with van der Waals surface area (Å²) in [6.45, 7) is 3.91. The van der Waals surface area contributed by atoms with E-state index >= 15 is 0 Å². The van der Waals surface area contributed by atoms with Crippen LogP contribution < -0.4 is 5.73 Å². The van der Waals surface area contributed by atoms with E-state index in [1.807, 2.05) is 19.2 Å². The molecule has 0 fully saturated rings. The van der Waals surface area contributed by atoms with Crippen LogP contribution in [0.2, 0.25) is 0 Å². The van der Waals surface area contributed by atoms with Crippen LogP contribution in [-0.4, -0.2) is 4.98 Å². The third kappa shape index (κ3) is 2.90. The summed E-state index contributed by atoms with van der Waals surface area (Å²) in [5.74, 6) is -0.224. The molecule has 0 aliphatic heterocycles. The molecule has 17 heavy (non-hydrogen) atoms. The van der Waals surface area contributed by atoms with Gasteiger partial charge in [0.15, 0.2) is 0 Å². The van der Waals surface area contributed by atoms with Gasteiger partial charge in [-0.2, -0.15) is 0 Å². The molecule has 90 valence electrons. The molecule has 1 unspecified atom stereocenters. The topological polar surface area (TPSA) is 38.9 Å². The van der Waals surface area contributed by atoms with Crippen molar-refractivity contribution in [1.29, 1.82) is 0 Å². The van der Waals surface area contributed by atoms with Crippen LogP contribution in [0.5, 0.6) is 0 Å². The van der Waals surface area contributed by atoms with Crippen LogP contribution in [0.1, 0.15) is 23.2 Å². The molecule has 0 amide bonds. The summed E-state index contributed by atoms with van der Waals surface area (Å²) in [7, 11) is 0. The summed E-state index contributed by atoms with van der Waals surface area (Å²) >= 11 is 1.57. The molecule has 2 N–H and O–H groups in total. The fourth-order valence-corrected chi connectivity index (χ4v) is 2.59. The summed E-state index contributed by atoms with van der Waals surface area (Å²) in [6.07, 6.45) is 0.653. The van der Waals surface area contributed by atoms with Gasteiger partial charge in [0.25, 0.3) is 0 Å². The first-order valence-electron chi connectivity index (χ1n) is 5.43. The number of aromatic nitrogens is 1. The van der Waals surface area contributed by atoms with E-state index < -0.39 is 5.54 Å². The highest BCUT2D eigenvalue weighted by Gasteiger charge is 2.25. The van der Waals surface area contributed by atoms with Gasteiger partial charge in [0.2, 0.25) is 0 Å². The monoisotopic (exact) mass is 250 g/mol. The third-order valence-corrected chi connectivity index (χ3v) is 3.83. The quantitative estimate of drug-likeness (QED) is 0.909. The fourth-order valence-electron chi connectivity index (χ4n) is 1.72. The highest BCUT2D eigenvalue weighted by molar-refractivity contribution is 7.09. The van der Waals surface area contributed by atoms with Crippen molar-refractivity contribution in [3.05, 3.63) is 51.7 Å². The van der Waals surface area contributed by atoms with Crippen LogP contribution in [0.4, 0.5) is 4.39 Å². The van der Waals surface area contributed by atoms with Crippen molar-refractivity contribution in [2.75, 3.05) is 0 Å². The Morgan fingerprint density at radius 1 is 1.35 bits per heavy atom. The first-order chi connectivity index (χ1) is 7.97. The molecule has 2 aromatic rings. The first kappa shape index (κ1) is 12.2. The van der Waals surface area contributed by atoms with Gasteiger partial charge in [0.05, 0.1) is 5.54 Å². The summed E-state index contributed by atoms with van der Waals surface area (Å²) in [6, 6.07) is 6.44. The minimum absolute atomic E-state index is 0.224. The fraction of sp³-hybridized carbons (Fsp3) is 0.308. The Hall–Kier alpha value is -1.26. The maximum absolute atomic E-state index is 12.8. The molecule has 0 bridgehead atoms. The zero-order valence-corrected chi connectivity index (χ0v) is 10.7. The minimum atomic E-state index is -0.503. The van der Waals surface area contributed by atoms with E-state index in [-0.39, 0.29) is 5.82 Å². The zero-order valence-electron chi connectivity index (χ0n) is 9.90. The van der Waals surface area contributed by atoms with Crippen molar-refractivity contribution in [2.45, 2.75) is 25.8 Å². The Morgan fingerprint density at radius 3 is 2.53 bits per heavy atom. The molecule has 0 aliphatic carbocycles. The minimum Gasteiger partial charge on any atom is -0.319 e. The SMILES string of the molecule is Cc1csc(C(C)(N)Cc2ccc(F)cc2)n1. The van der Waals surface area contributed by atoms with E-state index in [9.17, 15) is 4.39 Å². The van der Waals surface area contributed by atoms with Crippen LogP contribution >= 0.6 is 11.3 Å². The molecule has 1 heterocycles. The maximum atomic E-state index is 12.8. The van der Waals surface area contributed by atoms with E-state index in [1.165, 1.54) is 12.1 Å².